The lowest BCUT2D eigenvalue weighted by molar-refractivity contribution is 0.103. The van der Waals surface area contributed by atoms with E-state index in [9.17, 15) is 4.79 Å². The van der Waals surface area contributed by atoms with E-state index < -0.39 is 0 Å². The molecule has 0 aromatic carbocycles. The molecule has 1 saturated carbocycles. The van der Waals surface area contributed by atoms with Gasteiger partial charge in [0.1, 0.15) is 10.7 Å². The fraction of sp³-hybridized carbons (Fsp3) is 0.400. The summed E-state index contributed by atoms with van der Waals surface area (Å²) in [5.41, 5.74) is 6.99. The van der Waals surface area contributed by atoms with Gasteiger partial charge in [0.05, 0.1) is 22.6 Å². The van der Waals surface area contributed by atoms with E-state index in [1.165, 1.54) is 37.0 Å². The Hall–Kier alpha value is -1.37. The van der Waals surface area contributed by atoms with Crippen molar-refractivity contribution in [3.63, 3.8) is 0 Å². The smallest absolute Gasteiger partial charge is 0.267 e. The first-order valence-electron chi connectivity index (χ1n) is 7.13. The summed E-state index contributed by atoms with van der Waals surface area (Å²) in [6, 6.07) is 3.41. The molecule has 1 amide bonds. The number of carbonyl (C=O) groups excluding carboxylic acids is 1. The highest BCUT2D eigenvalue weighted by Gasteiger charge is 2.23. The molecule has 1 fully saturated rings. The molecule has 1 aliphatic carbocycles. The van der Waals surface area contributed by atoms with Gasteiger partial charge in [-0.05, 0) is 31.9 Å². The molecular formula is C15H20Cl2N4OS. The third kappa shape index (κ3) is 4.56. The van der Waals surface area contributed by atoms with Crippen LogP contribution in [0.15, 0.2) is 18.3 Å². The number of hydrogen-bond donors (Lipinski definition) is 2. The number of hydrogen-bond acceptors (Lipinski definition) is 5. The van der Waals surface area contributed by atoms with E-state index in [-0.39, 0.29) is 30.7 Å². The Morgan fingerprint density at radius 2 is 2.00 bits per heavy atom. The number of aromatic nitrogens is 2. The van der Waals surface area contributed by atoms with Crippen molar-refractivity contribution in [2.75, 3.05) is 11.1 Å². The summed E-state index contributed by atoms with van der Waals surface area (Å²) in [6.45, 7) is 1.89. The lowest BCUT2D eigenvalue weighted by Gasteiger charge is -2.04. The van der Waals surface area contributed by atoms with E-state index in [0.717, 1.165) is 10.7 Å². The summed E-state index contributed by atoms with van der Waals surface area (Å²) in [5, 5.41) is 3.95. The van der Waals surface area contributed by atoms with Crippen molar-refractivity contribution in [2.24, 2.45) is 0 Å². The van der Waals surface area contributed by atoms with Crippen LogP contribution < -0.4 is 11.1 Å². The van der Waals surface area contributed by atoms with Crippen molar-refractivity contribution in [2.45, 2.75) is 38.5 Å². The van der Waals surface area contributed by atoms with Gasteiger partial charge in [0.25, 0.3) is 5.91 Å². The number of nitrogens with zero attached hydrogens (tertiary/aromatic N) is 2. The molecule has 0 bridgehead atoms. The molecule has 126 valence electrons. The number of thiazole rings is 1. The molecule has 0 atom stereocenters. The third-order valence-corrected chi connectivity index (χ3v) is 5.09. The van der Waals surface area contributed by atoms with E-state index in [1.807, 2.05) is 6.92 Å². The maximum atomic E-state index is 12.3. The van der Waals surface area contributed by atoms with E-state index in [4.69, 9.17) is 5.73 Å². The molecule has 3 rings (SSSR count). The highest BCUT2D eigenvalue weighted by atomic mass is 35.5. The van der Waals surface area contributed by atoms with Crippen molar-refractivity contribution in [1.29, 1.82) is 0 Å². The molecule has 2 aromatic rings. The Kier molecular flexibility index (Phi) is 7.25. The number of nitrogens with one attached hydrogen (secondary N) is 1. The number of anilines is 2. The first-order chi connectivity index (χ1) is 10.1. The van der Waals surface area contributed by atoms with Gasteiger partial charge in [-0.2, -0.15) is 0 Å². The minimum absolute atomic E-state index is 0. The number of aryl methyl sites for hydroxylation is 1. The SMILES string of the molecule is Cc1nc(C2CCCC2)sc1C(=O)Nc1ccc(N)nc1.Cl.Cl. The van der Waals surface area contributed by atoms with Crippen molar-refractivity contribution >= 4 is 53.6 Å². The Balaban J connectivity index is 0.00000132. The quantitative estimate of drug-likeness (QED) is 0.843. The van der Waals surface area contributed by atoms with Gasteiger partial charge in [0, 0.05) is 5.92 Å². The molecule has 0 aliphatic heterocycles. The first kappa shape index (κ1) is 19.7. The normalized spacial score (nSPS) is 14.0. The summed E-state index contributed by atoms with van der Waals surface area (Å²) in [6.07, 6.45) is 6.47. The lowest BCUT2D eigenvalue weighted by atomic mass is 10.1. The summed E-state index contributed by atoms with van der Waals surface area (Å²) in [7, 11) is 0. The predicted octanol–water partition coefficient (Wildman–Crippen LogP) is 4.18. The molecule has 0 saturated heterocycles. The molecule has 8 heteroatoms. The zero-order chi connectivity index (χ0) is 14.8. The summed E-state index contributed by atoms with van der Waals surface area (Å²) in [4.78, 5) is 21.6. The first-order valence-corrected chi connectivity index (χ1v) is 7.95. The van der Waals surface area contributed by atoms with Crippen LogP contribution in [0.1, 0.15) is 52.0 Å². The largest absolute Gasteiger partial charge is 0.384 e. The molecule has 2 aromatic heterocycles. The standard InChI is InChI=1S/C15H18N4OS.2ClH/c1-9-13(21-15(18-9)10-4-2-3-5-10)14(20)19-11-6-7-12(16)17-8-11;;/h6-8,10H,2-5H2,1H3,(H2,16,17)(H,19,20);2*1H. The maximum Gasteiger partial charge on any atom is 0.267 e. The second kappa shape index (κ2) is 8.47. The maximum absolute atomic E-state index is 12.3. The van der Waals surface area contributed by atoms with Crippen molar-refractivity contribution < 1.29 is 4.79 Å². The lowest BCUT2D eigenvalue weighted by Crippen LogP contribution is -2.11. The zero-order valence-corrected chi connectivity index (χ0v) is 15.2. The molecule has 23 heavy (non-hydrogen) atoms. The summed E-state index contributed by atoms with van der Waals surface area (Å²) >= 11 is 1.52. The highest BCUT2D eigenvalue weighted by molar-refractivity contribution is 7.14. The molecule has 0 spiro atoms. The van der Waals surface area contributed by atoms with Gasteiger partial charge in [-0.1, -0.05) is 12.8 Å². The van der Waals surface area contributed by atoms with Crippen LogP contribution in [0.25, 0.3) is 0 Å². The highest BCUT2D eigenvalue weighted by Crippen LogP contribution is 2.37. The monoisotopic (exact) mass is 374 g/mol. The van der Waals surface area contributed by atoms with Crippen LogP contribution in [0.5, 0.6) is 0 Å². The van der Waals surface area contributed by atoms with E-state index >= 15 is 0 Å². The van der Waals surface area contributed by atoms with Gasteiger partial charge < -0.3 is 11.1 Å². The zero-order valence-electron chi connectivity index (χ0n) is 12.7. The average Bonchev–Trinajstić information content (AvgIpc) is 3.10. The number of nitrogens with two attached hydrogens (primary N) is 1. The summed E-state index contributed by atoms with van der Waals surface area (Å²) < 4.78 is 0. The topological polar surface area (TPSA) is 80.9 Å². The average molecular weight is 375 g/mol. The molecule has 1 aliphatic rings. The minimum Gasteiger partial charge on any atom is -0.384 e. The fourth-order valence-electron chi connectivity index (χ4n) is 2.64. The van der Waals surface area contributed by atoms with E-state index in [0.29, 0.717) is 22.3 Å². The van der Waals surface area contributed by atoms with Gasteiger partial charge in [0.2, 0.25) is 0 Å². The van der Waals surface area contributed by atoms with Crippen LogP contribution >= 0.6 is 36.2 Å². The van der Waals surface area contributed by atoms with Gasteiger partial charge in [0.15, 0.2) is 0 Å². The van der Waals surface area contributed by atoms with Gasteiger partial charge in [-0.25, -0.2) is 9.97 Å². The van der Waals surface area contributed by atoms with Gasteiger partial charge >= 0.3 is 0 Å². The molecule has 0 unspecified atom stereocenters. The molecular weight excluding hydrogens is 355 g/mol. The van der Waals surface area contributed by atoms with Crippen molar-refractivity contribution in [3.8, 4) is 0 Å². The van der Waals surface area contributed by atoms with Crippen molar-refractivity contribution in [1.82, 2.24) is 9.97 Å². The fourth-order valence-corrected chi connectivity index (χ4v) is 3.77. The third-order valence-electron chi connectivity index (χ3n) is 3.77. The van der Waals surface area contributed by atoms with Crippen LogP contribution in [-0.4, -0.2) is 15.9 Å². The molecule has 5 nitrogen and oxygen atoms in total. The summed E-state index contributed by atoms with van der Waals surface area (Å²) in [5.74, 6) is 0.847. The predicted molar refractivity (Wildman–Crippen MR) is 99.2 cm³/mol. The van der Waals surface area contributed by atoms with Crippen molar-refractivity contribution in [3.05, 3.63) is 33.9 Å². The minimum atomic E-state index is -0.124. The second-order valence-electron chi connectivity index (χ2n) is 5.37. The van der Waals surface area contributed by atoms with Crippen LogP contribution in [0.2, 0.25) is 0 Å². The molecule has 3 N–H and O–H groups in total. The van der Waals surface area contributed by atoms with E-state index in [2.05, 4.69) is 15.3 Å². The van der Waals surface area contributed by atoms with Gasteiger partial charge in [-0.15, -0.1) is 36.2 Å². The number of carbonyl (C=O) groups is 1. The number of rotatable bonds is 3. The second-order valence-corrected chi connectivity index (χ2v) is 6.40. The van der Waals surface area contributed by atoms with Crippen LogP contribution in [0, 0.1) is 6.92 Å². The Labute approximate surface area is 151 Å². The molecule has 0 radical (unpaired) electrons. The van der Waals surface area contributed by atoms with Gasteiger partial charge in [-0.3, -0.25) is 4.79 Å². The molecule has 2 heterocycles. The number of pyridine rings is 1. The number of amides is 1. The van der Waals surface area contributed by atoms with E-state index in [1.54, 1.807) is 18.3 Å². The Morgan fingerprint density at radius 3 is 2.61 bits per heavy atom. The number of halogens is 2. The Morgan fingerprint density at radius 1 is 1.30 bits per heavy atom. The Bertz CT molecular complexity index is 654. The van der Waals surface area contributed by atoms with Crippen LogP contribution in [-0.2, 0) is 0 Å². The number of nitrogen functional groups attached to an aromatic ring is 1. The van der Waals surface area contributed by atoms with Crippen LogP contribution in [0.4, 0.5) is 11.5 Å². The van der Waals surface area contributed by atoms with Crippen LogP contribution in [0.3, 0.4) is 0 Å².